The summed E-state index contributed by atoms with van der Waals surface area (Å²) in [7, 11) is 0. The van der Waals surface area contributed by atoms with Gasteiger partial charge in [-0.1, -0.05) is 0 Å². The van der Waals surface area contributed by atoms with E-state index in [4.69, 9.17) is 10.5 Å². The van der Waals surface area contributed by atoms with Crippen molar-refractivity contribution in [3.05, 3.63) is 16.7 Å². The number of H-pyrrole nitrogens is 1. The fraction of sp³-hybridized carbons (Fsp3) is 0.600. The molecule has 25 heavy (non-hydrogen) atoms. The number of hydrogen-bond acceptors (Lipinski definition) is 7. The molecule has 9 nitrogen and oxygen atoms in total. The maximum absolute atomic E-state index is 11.9. The van der Waals surface area contributed by atoms with Crippen molar-refractivity contribution in [1.82, 2.24) is 19.5 Å². The number of nitrogens with zero attached hydrogens (tertiary/aromatic N) is 3. The third kappa shape index (κ3) is 3.25. The minimum atomic E-state index is -1.57. The van der Waals surface area contributed by atoms with Crippen molar-refractivity contribution >= 4 is 30.3 Å². The fourth-order valence-electron chi connectivity index (χ4n) is 3.06. The van der Waals surface area contributed by atoms with Crippen molar-refractivity contribution in [2.75, 3.05) is 25.2 Å². The molecule has 0 spiro atoms. The number of nitrogens with one attached hydrogen (secondary N) is 1. The van der Waals surface area contributed by atoms with Crippen LogP contribution in [0.5, 0.6) is 0 Å². The number of rotatable bonds is 4. The van der Waals surface area contributed by atoms with E-state index >= 15 is 0 Å². The molecule has 2 aromatic heterocycles. The summed E-state index contributed by atoms with van der Waals surface area (Å²) in [5.74, 6) is -0.0578. The minimum absolute atomic E-state index is 0.0578. The Morgan fingerprint density at radius 2 is 2.24 bits per heavy atom. The Hall–Kier alpha value is -1.67. The zero-order chi connectivity index (χ0) is 18.6. The van der Waals surface area contributed by atoms with Gasteiger partial charge in [0.15, 0.2) is 17.4 Å². The summed E-state index contributed by atoms with van der Waals surface area (Å²) in [6.45, 7) is 4.42. The number of aromatic amines is 1. The average molecular weight is 369 g/mol. The first-order valence-corrected chi connectivity index (χ1v) is 11.0. The van der Waals surface area contributed by atoms with Crippen LogP contribution < -0.4 is 11.3 Å². The predicted molar refractivity (Wildman–Crippen MR) is 98.5 cm³/mol. The van der Waals surface area contributed by atoms with Crippen LogP contribution in [0.3, 0.4) is 0 Å². The third-order valence-electron chi connectivity index (χ3n) is 4.48. The van der Waals surface area contributed by atoms with Gasteiger partial charge in [0.2, 0.25) is 5.95 Å². The molecule has 1 aliphatic heterocycles. The Kier molecular flexibility index (Phi) is 4.31. The van der Waals surface area contributed by atoms with E-state index in [0.29, 0.717) is 6.42 Å². The van der Waals surface area contributed by atoms with Gasteiger partial charge in [0.25, 0.3) is 5.56 Å². The van der Waals surface area contributed by atoms with E-state index in [1.54, 1.807) is 0 Å². The van der Waals surface area contributed by atoms with Crippen LogP contribution in [-0.2, 0) is 4.74 Å². The second kappa shape index (κ2) is 5.95. The summed E-state index contributed by atoms with van der Waals surface area (Å²) < 4.78 is 7.38. The second-order valence-electron chi connectivity index (χ2n) is 7.42. The Morgan fingerprint density at radius 3 is 2.88 bits per heavy atom. The lowest BCUT2D eigenvalue weighted by Crippen LogP contribution is -2.43. The first kappa shape index (κ1) is 18.1. The molecule has 138 valence electrons. The van der Waals surface area contributed by atoms with Gasteiger partial charge in [0.1, 0.15) is 11.7 Å². The Labute approximate surface area is 144 Å². The number of fused-ring (bicyclic) bond motifs is 1. The van der Waals surface area contributed by atoms with E-state index < -0.39 is 36.5 Å². The van der Waals surface area contributed by atoms with Crippen LogP contribution in [0.4, 0.5) is 5.95 Å². The van der Waals surface area contributed by atoms with Crippen molar-refractivity contribution < 1.29 is 14.9 Å². The quantitative estimate of drug-likeness (QED) is 0.548. The molecule has 5 N–H and O–H groups in total. The highest BCUT2D eigenvalue weighted by atomic mass is 31.2. The van der Waals surface area contributed by atoms with Gasteiger partial charge in [-0.3, -0.25) is 14.3 Å². The molecule has 1 aliphatic rings. The Morgan fingerprint density at radius 1 is 1.56 bits per heavy atom. The van der Waals surface area contributed by atoms with Crippen LogP contribution in [0.25, 0.3) is 11.2 Å². The molecule has 0 radical (unpaired) electrons. The smallest absolute Gasteiger partial charge is 0.280 e. The highest BCUT2D eigenvalue weighted by Crippen LogP contribution is 2.43. The molecule has 0 bridgehead atoms. The molecule has 4 atom stereocenters. The number of anilines is 1. The van der Waals surface area contributed by atoms with E-state index in [1.807, 2.05) is 0 Å². The van der Waals surface area contributed by atoms with Crippen molar-refractivity contribution in [1.29, 1.82) is 0 Å². The van der Waals surface area contributed by atoms with E-state index in [9.17, 15) is 15.0 Å². The highest BCUT2D eigenvalue weighted by Gasteiger charge is 2.53. The number of aliphatic hydroxyl groups excluding tert-OH is 1. The maximum Gasteiger partial charge on any atom is 0.280 e. The summed E-state index contributed by atoms with van der Waals surface area (Å²) in [6, 6.07) is 0. The zero-order valence-electron chi connectivity index (χ0n) is 14.5. The topological polar surface area (TPSA) is 139 Å². The van der Waals surface area contributed by atoms with Crippen LogP contribution >= 0.6 is 6.89 Å². The highest BCUT2D eigenvalue weighted by molar-refractivity contribution is 7.72. The molecule has 3 rings (SSSR count). The monoisotopic (exact) mass is 369 g/mol. The van der Waals surface area contributed by atoms with Gasteiger partial charge in [-0.15, -0.1) is 13.2 Å². The number of nitrogens with two attached hydrogens (primary N) is 1. The molecule has 0 saturated carbocycles. The summed E-state index contributed by atoms with van der Waals surface area (Å²) in [5, 5.41) is 21.4. The summed E-state index contributed by atoms with van der Waals surface area (Å²) in [5.41, 5.74) is 3.86. The largest absolute Gasteiger partial charge is 0.387 e. The minimum Gasteiger partial charge on any atom is -0.387 e. The molecule has 1 fully saturated rings. The lowest BCUT2D eigenvalue weighted by Gasteiger charge is -2.27. The van der Waals surface area contributed by atoms with E-state index in [0.717, 1.165) is 6.16 Å². The molecule has 0 amide bonds. The molecule has 2 aromatic rings. The van der Waals surface area contributed by atoms with Crippen molar-refractivity contribution in [3.63, 3.8) is 0 Å². The second-order valence-corrected chi connectivity index (χ2v) is 11.7. The van der Waals surface area contributed by atoms with E-state index in [-0.39, 0.29) is 17.1 Å². The van der Waals surface area contributed by atoms with Crippen LogP contribution in [0.1, 0.15) is 19.6 Å². The molecular formula is C15H24N5O4P. The number of aromatic nitrogens is 4. The Bertz CT molecular complexity index is 899. The molecule has 0 unspecified atom stereocenters. The summed E-state index contributed by atoms with van der Waals surface area (Å²) in [6.07, 6.45) is 4.37. The third-order valence-corrected chi connectivity index (χ3v) is 5.95. The average Bonchev–Trinajstić information content (AvgIpc) is 2.97. The maximum atomic E-state index is 11.9. The fourth-order valence-corrected chi connectivity index (χ4v) is 4.02. The predicted octanol–water partition coefficient (Wildman–Crippen LogP) is -0.190. The zero-order valence-corrected chi connectivity index (χ0v) is 15.4. The van der Waals surface area contributed by atoms with Crippen LogP contribution in [-0.4, -0.2) is 73.3 Å². The van der Waals surface area contributed by atoms with Gasteiger partial charge in [0.05, 0.1) is 12.4 Å². The number of hydrogen-bond donors (Lipinski definition) is 4. The summed E-state index contributed by atoms with van der Waals surface area (Å²) >= 11 is 0. The molecule has 0 aliphatic carbocycles. The lowest BCUT2D eigenvalue weighted by atomic mass is 9.95. The Balaban J connectivity index is 1.97. The molecular weight excluding hydrogens is 345 g/mol. The van der Waals surface area contributed by atoms with Gasteiger partial charge in [0, 0.05) is 0 Å². The lowest BCUT2D eigenvalue weighted by molar-refractivity contribution is -0.0939. The first-order chi connectivity index (χ1) is 11.5. The molecule has 0 aromatic carbocycles. The molecule has 3 heterocycles. The van der Waals surface area contributed by atoms with Crippen LogP contribution in [0.2, 0.25) is 0 Å². The van der Waals surface area contributed by atoms with E-state index in [1.165, 1.54) is 17.8 Å². The van der Waals surface area contributed by atoms with Crippen LogP contribution in [0, 0.1) is 0 Å². The van der Waals surface area contributed by atoms with Crippen molar-refractivity contribution in [3.8, 4) is 0 Å². The normalized spacial score (nSPS) is 30.2. The number of aliphatic hydroxyl groups is 2. The van der Waals surface area contributed by atoms with Gasteiger partial charge in [-0.2, -0.15) is 4.98 Å². The molecule has 1 saturated heterocycles. The van der Waals surface area contributed by atoms with Gasteiger partial charge < -0.3 is 20.7 Å². The van der Waals surface area contributed by atoms with Crippen molar-refractivity contribution in [2.45, 2.75) is 37.4 Å². The SMILES string of the molecule is C=P(C)(C)CC[C@H]1O[C@@H](n2cnc3c(=O)[nH]c(N)nc32)[C@@](C)(O)[C@@H]1O. The van der Waals surface area contributed by atoms with Gasteiger partial charge >= 0.3 is 0 Å². The van der Waals surface area contributed by atoms with Gasteiger partial charge in [-0.25, -0.2) is 4.98 Å². The van der Waals surface area contributed by atoms with Crippen LogP contribution in [0.15, 0.2) is 11.1 Å². The summed E-state index contributed by atoms with van der Waals surface area (Å²) in [4.78, 5) is 22.4. The number of imidazole rings is 1. The number of nitrogen functional groups attached to an aromatic ring is 1. The van der Waals surface area contributed by atoms with Gasteiger partial charge in [-0.05, 0) is 32.8 Å². The van der Waals surface area contributed by atoms with Crippen molar-refractivity contribution in [2.24, 2.45) is 0 Å². The number of ether oxygens (including phenoxy) is 1. The van der Waals surface area contributed by atoms with E-state index in [2.05, 4.69) is 34.6 Å². The first-order valence-electron chi connectivity index (χ1n) is 7.96. The molecule has 10 heteroatoms. The standard InChI is InChI=1S/C15H24N5O4P/c1-15(23)10(21)8(5-6-25(2,3)4)24-13(15)20-7-17-9-11(20)18-14(16)19-12(9)22/h7-8,10,13,21,23H,2,5-6H2,1,3-4H3,(H3,16,18,19,22)/t8-,10-,13-,15+/m1/s1.